The molecule has 1 heterocycles. The van der Waals surface area contributed by atoms with E-state index in [-0.39, 0.29) is 21.6 Å². The van der Waals surface area contributed by atoms with Crippen LogP contribution in [0.15, 0.2) is 28.9 Å². The maximum atomic E-state index is 13.5. The SMILES string of the molecule is CC(Oc1cc(Br)c[n+](O)c1N)c1c(Cl)ccc(F)c1Cl. The van der Waals surface area contributed by atoms with E-state index in [0.29, 0.717) is 14.8 Å². The Labute approximate surface area is 138 Å². The summed E-state index contributed by atoms with van der Waals surface area (Å²) in [6.07, 6.45) is 0.687. The van der Waals surface area contributed by atoms with E-state index in [2.05, 4.69) is 15.9 Å². The highest BCUT2D eigenvalue weighted by molar-refractivity contribution is 9.10. The molecule has 0 spiro atoms. The number of anilines is 1. The van der Waals surface area contributed by atoms with Crippen LogP contribution in [0.5, 0.6) is 5.75 Å². The van der Waals surface area contributed by atoms with Gasteiger partial charge in [-0.25, -0.2) is 4.39 Å². The van der Waals surface area contributed by atoms with Gasteiger partial charge in [0.25, 0.3) is 0 Å². The zero-order chi connectivity index (χ0) is 15.7. The van der Waals surface area contributed by atoms with Crippen LogP contribution >= 0.6 is 39.1 Å². The van der Waals surface area contributed by atoms with Crippen molar-refractivity contribution in [3.8, 4) is 5.75 Å². The predicted octanol–water partition coefficient (Wildman–Crippen LogP) is 4.14. The second-order valence-electron chi connectivity index (χ2n) is 4.27. The van der Waals surface area contributed by atoms with Crippen LogP contribution in [-0.2, 0) is 0 Å². The summed E-state index contributed by atoms with van der Waals surface area (Å²) in [7, 11) is 0. The number of nitrogens with zero attached hydrogens (tertiary/aromatic N) is 1. The van der Waals surface area contributed by atoms with E-state index in [4.69, 9.17) is 33.7 Å². The average Bonchev–Trinajstić information content (AvgIpc) is 2.40. The van der Waals surface area contributed by atoms with Crippen LogP contribution in [0.4, 0.5) is 10.2 Å². The van der Waals surface area contributed by atoms with Crippen LogP contribution in [0.3, 0.4) is 0 Å². The lowest BCUT2D eigenvalue weighted by molar-refractivity contribution is -0.893. The van der Waals surface area contributed by atoms with Crippen molar-refractivity contribution < 1.29 is 19.1 Å². The molecule has 21 heavy (non-hydrogen) atoms. The minimum atomic E-state index is -0.669. The molecule has 0 amide bonds. The number of benzene rings is 1. The highest BCUT2D eigenvalue weighted by Crippen LogP contribution is 2.36. The van der Waals surface area contributed by atoms with Gasteiger partial charge in [-0.1, -0.05) is 23.2 Å². The van der Waals surface area contributed by atoms with Gasteiger partial charge in [0.05, 0.1) is 9.50 Å². The number of nitrogens with two attached hydrogens (primary N) is 1. The molecule has 0 radical (unpaired) electrons. The van der Waals surface area contributed by atoms with E-state index in [0.717, 1.165) is 0 Å². The summed E-state index contributed by atoms with van der Waals surface area (Å²) < 4.78 is 20.4. The molecule has 0 aliphatic rings. The first-order valence-electron chi connectivity index (χ1n) is 5.81. The van der Waals surface area contributed by atoms with E-state index in [1.54, 1.807) is 13.0 Å². The van der Waals surface area contributed by atoms with Crippen LogP contribution < -0.4 is 15.2 Å². The summed E-state index contributed by atoms with van der Waals surface area (Å²) >= 11 is 15.2. The van der Waals surface area contributed by atoms with Crippen molar-refractivity contribution in [2.45, 2.75) is 13.0 Å². The van der Waals surface area contributed by atoms with Gasteiger partial charge in [-0.2, -0.15) is 0 Å². The van der Waals surface area contributed by atoms with E-state index in [1.165, 1.54) is 18.3 Å². The minimum Gasteiger partial charge on any atom is -0.478 e. The summed E-state index contributed by atoms with van der Waals surface area (Å²) in [5.74, 6) is -0.393. The van der Waals surface area contributed by atoms with Gasteiger partial charge in [-0.05, 0) is 39.7 Å². The fourth-order valence-corrected chi connectivity index (χ4v) is 2.87. The Bertz CT molecular complexity index is 700. The van der Waals surface area contributed by atoms with Crippen molar-refractivity contribution in [3.63, 3.8) is 0 Å². The maximum Gasteiger partial charge on any atom is 0.354 e. The lowest BCUT2D eigenvalue weighted by Crippen LogP contribution is -2.34. The molecule has 1 unspecified atom stereocenters. The maximum absolute atomic E-state index is 13.5. The van der Waals surface area contributed by atoms with Crippen molar-refractivity contribution in [2.75, 3.05) is 5.73 Å². The van der Waals surface area contributed by atoms with Crippen molar-refractivity contribution in [2.24, 2.45) is 0 Å². The molecular formula is C13H11BrCl2FN2O2+. The summed E-state index contributed by atoms with van der Waals surface area (Å²) in [4.78, 5) is 0. The van der Waals surface area contributed by atoms with Gasteiger partial charge in [-0.15, -0.1) is 0 Å². The fraction of sp³-hybridized carbons (Fsp3) is 0.154. The van der Waals surface area contributed by atoms with Gasteiger partial charge >= 0.3 is 5.82 Å². The number of nitrogen functional groups attached to an aromatic ring is 1. The molecule has 1 atom stereocenters. The number of ether oxygens (including phenoxy) is 1. The van der Waals surface area contributed by atoms with E-state index in [9.17, 15) is 9.60 Å². The standard InChI is InChI=1S/C13H10BrCl2FN2O2/c1-6(11-8(15)2-3-9(17)12(11)16)21-10-4-7(14)5-19(20)13(10)18/h2-6,18,20H,1H3/p+1. The third kappa shape index (κ3) is 3.33. The molecule has 112 valence electrons. The molecule has 4 nitrogen and oxygen atoms in total. The van der Waals surface area contributed by atoms with Crippen LogP contribution in [-0.4, -0.2) is 5.21 Å². The molecule has 2 aromatic rings. The van der Waals surface area contributed by atoms with Crippen molar-refractivity contribution in [1.29, 1.82) is 0 Å². The molecule has 2 rings (SSSR count). The molecule has 1 aromatic heterocycles. The summed E-state index contributed by atoms with van der Waals surface area (Å²) in [6.45, 7) is 1.65. The lowest BCUT2D eigenvalue weighted by atomic mass is 10.1. The number of halogens is 4. The van der Waals surface area contributed by atoms with E-state index in [1.807, 2.05) is 0 Å². The van der Waals surface area contributed by atoms with Crippen molar-refractivity contribution in [3.05, 3.63) is 50.3 Å². The molecule has 0 saturated carbocycles. The average molecular weight is 397 g/mol. The van der Waals surface area contributed by atoms with Crippen LogP contribution in [0.1, 0.15) is 18.6 Å². The second kappa shape index (κ2) is 6.25. The predicted molar refractivity (Wildman–Crippen MR) is 81.4 cm³/mol. The Morgan fingerprint density at radius 3 is 2.76 bits per heavy atom. The smallest absolute Gasteiger partial charge is 0.354 e. The van der Waals surface area contributed by atoms with Crippen molar-refractivity contribution >= 4 is 44.9 Å². The molecule has 3 N–H and O–H groups in total. The number of hydrogen-bond acceptors (Lipinski definition) is 3. The Hall–Kier alpha value is -1.24. The lowest BCUT2D eigenvalue weighted by Gasteiger charge is -2.18. The van der Waals surface area contributed by atoms with Gasteiger partial charge in [-0.3, -0.25) is 5.73 Å². The van der Waals surface area contributed by atoms with E-state index >= 15 is 0 Å². The summed E-state index contributed by atoms with van der Waals surface area (Å²) in [5.41, 5.74) is 6.02. The summed E-state index contributed by atoms with van der Waals surface area (Å²) in [5, 5.41) is 9.75. The molecule has 8 heteroatoms. The zero-order valence-electron chi connectivity index (χ0n) is 10.8. The molecular weight excluding hydrogens is 386 g/mol. The van der Waals surface area contributed by atoms with Gasteiger partial charge in [0.1, 0.15) is 11.9 Å². The largest absolute Gasteiger partial charge is 0.478 e. The normalized spacial score (nSPS) is 12.2. The molecule has 0 saturated heterocycles. The molecule has 1 aromatic carbocycles. The number of rotatable bonds is 3. The van der Waals surface area contributed by atoms with Gasteiger partial charge in [0, 0.05) is 16.7 Å². The first-order valence-corrected chi connectivity index (χ1v) is 7.36. The Balaban J connectivity index is 2.39. The molecule has 0 fully saturated rings. The first-order chi connectivity index (χ1) is 9.81. The van der Waals surface area contributed by atoms with Crippen LogP contribution in [0.2, 0.25) is 10.0 Å². The quantitative estimate of drug-likeness (QED) is 0.465. The monoisotopic (exact) mass is 395 g/mol. The van der Waals surface area contributed by atoms with E-state index < -0.39 is 11.9 Å². The fourth-order valence-electron chi connectivity index (χ4n) is 1.79. The second-order valence-corrected chi connectivity index (χ2v) is 5.97. The molecule has 0 bridgehead atoms. The highest BCUT2D eigenvalue weighted by atomic mass is 79.9. The number of pyridine rings is 1. The minimum absolute atomic E-state index is 0.00584. The van der Waals surface area contributed by atoms with Gasteiger partial charge in [0.2, 0.25) is 5.75 Å². The molecule has 0 aliphatic heterocycles. The third-order valence-corrected chi connectivity index (χ3v) is 3.95. The number of hydrogen-bond donors (Lipinski definition) is 2. The topological polar surface area (TPSA) is 59.4 Å². The summed E-state index contributed by atoms with van der Waals surface area (Å²) in [6, 6.07) is 4.14. The zero-order valence-corrected chi connectivity index (χ0v) is 13.9. The third-order valence-electron chi connectivity index (χ3n) is 2.80. The van der Waals surface area contributed by atoms with Crippen molar-refractivity contribution in [1.82, 2.24) is 0 Å². The number of aromatic nitrogens is 1. The first kappa shape index (κ1) is 16.1. The Kier molecular flexibility index (Phi) is 4.81. The Morgan fingerprint density at radius 2 is 2.10 bits per heavy atom. The van der Waals surface area contributed by atoms with Gasteiger partial charge < -0.3 is 9.94 Å². The Morgan fingerprint density at radius 1 is 1.43 bits per heavy atom. The molecule has 0 aliphatic carbocycles. The van der Waals surface area contributed by atoms with Gasteiger partial charge in [0.15, 0.2) is 6.20 Å². The van der Waals surface area contributed by atoms with Crippen LogP contribution in [0.25, 0.3) is 0 Å². The van der Waals surface area contributed by atoms with Crippen LogP contribution in [0, 0.1) is 5.82 Å². The highest BCUT2D eigenvalue weighted by Gasteiger charge is 2.22.